The molecule has 0 saturated heterocycles. The van der Waals surface area contributed by atoms with Crippen LogP contribution in [0.15, 0.2) is 22.7 Å². The van der Waals surface area contributed by atoms with Gasteiger partial charge in [0.2, 0.25) is 5.91 Å². The molecule has 4 heteroatoms. The average Bonchev–Trinajstić information content (AvgIpc) is 2.57. The van der Waals surface area contributed by atoms with E-state index in [4.69, 9.17) is 0 Å². The van der Waals surface area contributed by atoms with Crippen LogP contribution in [-0.4, -0.2) is 12.5 Å². The normalized spacial score (nSPS) is 18.4. The van der Waals surface area contributed by atoms with Crippen LogP contribution in [0, 0.1) is 0 Å². The Labute approximate surface area is 104 Å². The number of benzene rings is 1. The topological polar surface area (TPSA) is 41.1 Å². The smallest absolute Gasteiger partial charge is 0.246 e. The van der Waals surface area contributed by atoms with Gasteiger partial charge in [0.1, 0.15) is 6.04 Å². The van der Waals surface area contributed by atoms with E-state index in [0.717, 1.165) is 35.1 Å². The third-order valence-corrected chi connectivity index (χ3v) is 3.43. The van der Waals surface area contributed by atoms with E-state index in [9.17, 15) is 4.79 Å². The minimum absolute atomic E-state index is 0.0398. The van der Waals surface area contributed by atoms with Gasteiger partial charge >= 0.3 is 0 Å². The van der Waals surface area contributed by atoms with E-state index < -0.39 is 0 Å². The first kappa shape index (κ1) is 11.6. The molecule has 1 aromatic carbocycles. The molecule has 1 aromatic rings. The Kier molecular flexibility index (Phi) is 3.61. The van der Waals surface area contributed by atoms with Crippen molar-refractivity contribution in [1.82, 2.24) is 5.32 Å². The Morgan fingerprint density at radius 3 is 3.06 bits per heavy atom. The SMILES string of the molecule is CCCCNC1C(=O)Nc2cccc(Br)c21. The second kappa shape index (κ2) is 4.97. The Hall–Kier alpha value is -0.870. The standard InChI is InChI=1S/C12H15BrN2O/c1-2-3-7-14-11-10-8(13)5-4-6-9(10)15-12(11)16/h4-6,11,14H,2-3,7H2,1H3,(H,15,16). The molecule has 2 N–H and O–H groups in total. The largest absolute Gasteiger partial charge is 0.324 e. The zero-order valence-corrected chi connectivity index (χ0v) is 10.8. The molecule has 0 saturated carbocycles. The molecule has 1 unspecified atom stereocenters. The van der Waals surface area contributed by atoms with Crippen LogP contribution in [0.4, 0.5) is 5.69 Å². The number of carbonyl (C=O) groups excluding carboxylic acids is 1. The molecule has 0 fully saturated rings. The van der Waals surface area contributed by atoms with Gasteiger partial charge in [0.15, 0.2) is 0 Å². The summed E-state index contributed by atoms with van der Waals surface area (Å²) in [6.45, 7) is 3.01. The van der Waals surface area contributed by atoms with Gasteiger partial charge in [0.05, 0.1) is 0 Å². The Bertz CT molecular complexity index is 406. The molecule has 16 heavy (non-hydrogen) atoms. The Morgan fingerprint density at radius 2 is 2.31 bits per heavy atom. The fourth-order valence-electron chi connectivity index (χ4n) is 1.89. The molecular weight excluding hydrogens is 268 g/mol. The highest BCUT2D eigenvalue weighted by Gasteiger charge is 2.31. The number of amides is 1. The van der Waals surface area contributed by atoms with Gasteiger partial charge in [-0.1, -0.05) is 35.3 Å². The minimum atomic E-state index is -0.211. The van der Waals surface area contributed by atoms with Gasteiger partial charge < -0.3 is 10.6 Å². The molecule has 0 aromatic heterocycles. The molecule has 0 bridgehead atoms. The van der Waals surface area contributed by atoms with E-state index in [1.165, 1.54) is 0 Å². The number of nitrogens with one attached hydrogen (secondary N) is 2. The van der Waals surface area contributed by atoms with Gasteiger partial charge in [-0.3, -0.25) is 4.79 Å². The summed E-state index contributed by atoms with van der Waals surface area (Å²) in [6.07, 6.45) is 2.22. The van der Waals surface area contributed by atoms with Gasteiger partial charge in [-0.25, -0.2) is 0 Å². The Balaban J connectivity index is 2.18. The van der Waals surface area contributed by atoms with Crippen molar-refractivity contribution in [3.63, 3.8) is 0 Å². The number of fused-ring (bicyclic) bond motifs is 1. The van der Waals surface area contributed by atoms with E-state index in [1.807, 2.05) is 18.2 Å². The van der Waals surface area contributed by atoms with Crippen molar-refractivity contribution in [3.05, 3.63) is 28.2 Å². The van der Waals surface area contributed by atoms with E-state index in [1.54, 1.807) is 0 Å². The monoisotopic (exact) mass is 282 g/mol. The average molecular weight is 283 g/mol. The molecule has 1 aliphatic heterocycles. The lowest BCUT2D eigenvalue weighted by Crippen LogP contribution is -2.28. The summed E-state index contributed by atoms with van der Waals surface area (Å²) in [4.78, 5) is 11.8. The van der Waals surface area contributed by atoms with Crippen LogP contribution in [-0.2, 0) is 4.79 Å². The van der Waals surface area contributed by atoms with Crippen LogP contribution >= 0.6 is 15.9 Å². The molecule has 1 heterocycles. The van der Waals surface area contributed by atoms with Crippen LogP contribution < -0.4 is 10.6 Å². The van der Waals surface area contributed by atoms with Gasteiger partial charge in [0, 0.05) is 15.7 Å². The second-order valence-electron chi connectivity index (χ2n) is 3.93. The van der Waals surface area contributed by atoms with Crippen molar-refractivity contribution >= 4 is 27.5 Å². The van der Waals surface area contributed by atoms with Crippen molar-refractivity contribution in [1.29, 1.82) is 0 Å². The Morgan fingerprint density at radius 1 is 1.50 bits per heavy atom. The minimum Gasteiger partial charge on any atom is -0.324 e. The van der Waals surface area contributed by atoms with Crippen molar-refractivity contribution in [2.75, 3.05) is 11.9 Å². The summed E-state index contributed by atoms with van der Waals surface area (Å²) in [7, 11) is 0. The first-order chi connectivity index (χ1) is 7.74. The number of carbonyl (C=O) groups is 1. The van der Waals surface area contributed by atoms with E-state index in [-0.39, 0.29) is 11.9 Å². The quantitative estimate of drug-likeness (QED) is 0.834. The van der Waals surface area contributed by atoms with E-state index in [0.29, 0.717) is 0 Å². The van der Waals surface area contributed by atoms with Crippen LogP contribution in [0.3, 0.4) is 0 Å². The second-order valence-corrected chi connectivity index (χ2v) is 4.79. The first-order valence-electron chi connectivity index (χ1n) is 5.56. The third-order valence-electron chi connectivity index (χ3n) is 2.74. The highest BCUT2D eigenvalue weighted by atomic mass is 79.9. The van der Waals surface area contributed by atoms with Crippen molar-refractivity contribution in [3.8, 4) is 0 Å². The number of halogens is 1. The van der Waals surface area contributed by atoms with Crippen LogP contribution in [0.5, 0.6) is 0 Å². The molecule has 1 amide bonds. The van der Waals surface area contributed by atoms with Crippen molar-refractivity contribution < 1.29 is 4.79 Å². The highest BCUT2D eigenvalue weighted by Crippen LogP contribution is 2.36. The molecule has 86 valence electrons. The number of anilines is 1. The highest BCUT2D eigenvalue weighted by molar-refractivity contribution is 9.10. The molecular formula is C12H15BrN2O. The lowest BCUT2D eigenvalue weighted by atomic mass is 10.1. The molecule has 3 nitrogen and oxygen atoms in total. The predicted molar refractivity (Wildman–Crippen MR) is 68.4 cm³/mol. The summed E-state index contributed by atoms with van der Waals surface area (Å²) in [5.41, 5.74) is 1.94. The summed E-state index contributed by atoms with van der Waals surface area (Å²) in [5.74, 6) is 0.0398. The summed E-state index contributed by atoms with van der Waals surface area (Å²) >= 11 is 3.49. The number of hydrogen-bond acceptors (Lipinski definition) is 2. The van der Waals surface area contributed by atoms with Crippen LogP contribution in [0.1, 0.15) is 31.4 Å². The predicted octanol–water partition coefficient (Wildman–Crippen LogP) is 2.83. The van der Waals surface area contributed by atoms with Crippen molar-refractivity contribution in [2.45, 2.75) is 25.8 Å². The molecule has 0 radical (unpaired) electrons. The van der Waals surface area contributed by atoms with E-state index in [2.05, 4.69) is 33.5 Å². The zero-order chi connectivity index (χ0) is 11.5. The number of rotatable bonds is 4. The fourth-order valence-corrected chi connectivity index (χ4v) is 2.49. The molecule has 1 aliphatic rings. The van der Waals surface area contributed by atoms with Crippen molar-refractivity contribution in [2.24, 2.45) is 0 Å². The molecule has 2 rings (SSSR count). The van der Waals surface area contributed by atoms with Gasteiger partial charge in [-0.2, -0.15) is 0 Å². The van der Waals surface area contributed by atoms with Gasteiger partial charge in [-0.05, 0) is 25.1 Å². The maximum atomic E-state index is 11.8. The van der Waals surface area contributed by atoms with Crippen LogP contribution in [0.2, 0.25) is 0 Å². The lowest BCUT2D eigenvalue weighted by molar-refractivity contribution is -0.117. The van der Waals surface area contributed by atoms with E-state index >= 15 is 0 Å². The molecule has 0 aliphatic carbocycles. The fraction of sp³-hybridized carbons (Fsp3) is 0.417. The van der Waals surface area contributed by atoms with Crippen LogP contribution in [0.25, 0.3) is 0 Å². The third kappa shape index (κ3) is 2.13. The summed E-state index contributed by atoms with van der Waals surface area (Å²) < 4.78 is 0.984. The lowest BCUT2D eigenvalue weighted by Gasteiger charge is -2.12. The maximum Gasteiger partial charge on any atom is 0.246 e. The number of unbranched alkanes of at least 4 members (excludes halogenated alkanes) is 1. The molecule has 0 spiro atoms. The maximum absolute atomic E-state index is 11.8. The summed E-state index contributed by atoms with van der Waals surface area (Å²) in [6, 6.07) is 5.61. The molecule has 1 atom stereocenters. The van der Waals surface area contributed by atoms with Gasteiger partial charge in [-0.15, -0.1) is 0 Å². The number of hydrogen-bond donors (Lipinski definition) is 2. The zero-order valence-electron chi connectivity index (χ0n) is 9.22. The summed E-state index contributed by atoms with van der Waals surface area (Å²) in [5, 5.41) is 6.17. The van der Waals surface area contributed by atoms with Gasteiger partial charge in [0.25, 0.3) is 0 Å². The first-order valence-corrected chi connectivity index (χ1v) is 6.36.